The fraction of sp³-hybridized carbons (Fsp3) is 0.360. The van der Waals surface area contributed by atoms with Gasteiger partial charge >= 0.3 is 0 Å². The van der Waals surface area contributed by atoms with Crippen molar-refractivity contribution in [1.82, 2.24) is 9.97 Å². The number of hydrogen-bond donors (Lipinski definition) is 2. The Morgan fingerprint density at radius 2 is 1.85 bits per heavy atom. The molecule has 6 nitrogen and oxygen atoms in total. The van der Waals surface area contributed by atoms with Crippen molar-refractivity contribution in [2.45, 2.75) is 55.9 Å². The van der Waals surface area contributed by atoms with Gasteiger partial charge in [0.15, 0.2) is 0 Å². The molecule has 0 unspecified atom stereocenters. The fourth-order valence-corrected chi connectivity index (χ4v) is 5.95. The van der Waals surface area contributed by atoms with Gasteiger partial charge in [-0.05, 0) is 43.2 Å². The molecule has 1 aliphatic carbocycles. The summed E-state index contributed by atoms with van der Waals surface area (Å²) >= 11 is 2.98. The summed E-state index contributed by atoms with van der Waals surface area (Å²) in [6.45, 7) is 1.95. The minimum atomic E-state index is -0.241. The maximum absolute atomic E-state index is 10.3. The predicted octanol–water partition coefficient (Wildman–Crippen LogP) is 5.22. The highest BCUT2D eigenvalue weighted by Crippen LogP contribution is 2.37. The predicted molar refractivity (Wildman–Crippen MR) is 132 cm³/mol. The van der Waals surface area contributed by atoms with Gasteiger partial charge in [-0.15, -0.1) is 11.3 Å². The third-order valence-electron chi connectivity index (χ3n) is 6.05. The van der Waals surface area contributed by atoms with Crippen LogP contribution in [0.5, 0.6) is 0 Å². The summed E-state index contributed by atoms with van der Waals surface area (Å²) in [5.41, 5.74) is 10.1. The average molecular weight is 476 g/mol. The Balaban J connectivity index is 1.64. The number of pyridine rings is 1. The number of rotatable bonds is 6. The van der Waals surface area contributed by atoms with E-state index < -0.39 is 0 Å². The van der Waals surface area contributed by atoms with Gasteiger partial charge in [0.1, 0.15) is 28.5 Å². The highest BCUT2D eigenvalue weighted by Gasteiger charge is 2.24. The number of aliphatic hydroxyl groups excluding tert-OH is 1. The average Bonchev–Trinajstić information content (AvgIpc) is 3.24. The van der Waals surface area contributed by atoms with Gasteiger partial charge in [0.2, 0.25) is 0 Å². The van der Waals surface area contributed by atoms with Crippen LogP contribution in [-0.2, 0) is 12.2 Å². The first kappa shape index (κ1) is 23.3. The molecule has 2 atom stereocenters. The topological polar surface area (TPSA) is 120 Å². The number of aliphatic hydroxyl groups is 1. The maximum Gasteiger partial charge on any atom is 0.143 e. The number of aryl methyl sites for hydroxylation is 1. The lowest BCUT2D eigenvalue weighted by Gasteiger charge is -2.27. The molecule has 1 aliphatic rings. The number of benzene rings is 1. The molecule has 0 spiro atoms. The van der Waals surface area contributed by atoms with E-state index >= 15 is 0 Å². The molecular formula is C25H25N5OS2. The van der Waals surface area contributed by atoms with Crippen molar-refractivity contribution < 1.29 is 5.11 Å². The monoisotopic (exact) mass is 475 g/mol. The lowest BCUT2D eigenvalue weighted by molar-refractivity contribution is 0.0700. The summed E-state index contributed by atoms with van der Waals surface area (Å²) < 4.78 is 0. The number of nitrogen functional groups attached to an aromatic ring is 1. The molecule has 0 amide bonds. The lowest BCUT2D eigenvalue weighted by Crippen LogP contribution is -2.26. The third-order valence-corrected chi connectivity index (χ3v) is 7.88. The maximum atomic E-state index is 10.3. The quantitative estimate of drug-likeness (QED) is 0.469. The van der Waals surface area contributed by atoms with E-state index in [1.165, 1.54) is 11.8 Å². The van der Waals surface area contributed by atoms with Crippen molar-refractivity contribution in [2.24, 2.45) is 5.92 Å². The Morgan fingerprint density at radius 3 is 2.48 bits per heavy atom. The van der Waals surface area contributed by atoms with E-state index in [1.54, 1.807) is 11.3 Å². The zero-order valence-corrected chi connectivity index (χ0v) is 20.0. The van der Waals surface area contributed by atoms with E-state index in [0.29, 0.717) is 21.9 Å². The van der Waals surface area contributed by atoms with Gasteiger partial charge in [-0.2, -0.15) is 10.5 Å². The molecular weight excluding hydrogens is 450 g/mol. The van der Waals surface area contributed by atoms with Crippen LogP contribution in [0.4, 0.5) is 5.82 Å². The molecule has 0 radical (unpaired) electrons. The highest BCUT2D eigenvalue weighted by molar-refractivity contribution is 7.98. The molecule has 0 aliphatic heterocycles. The minimum Gasteiger partial charge on any atom is -0.393 e. The number of nitrogens with zero attached hydrogens (tertiary/aromatic N) is 4. The third kappa shape index (κ3) is 5.20. The summed E-state index contributed by atoms with van der Waals surface area (Å²) in [6.07, 6.45) is 4.75. The Hall–Kier alpha value is -2.91. The molecule has 4 rings (SSSR count). The van der Waals surface area contributed by atoms with E-state index in [2.05, 4.69) is 22.1 Å². The molecule has 1 fully saturated rings. The van der Waals surface area contributed by atoms with Crippen LogP contribution in [-0.4, -0.2) is 21.2 Å². The highest BCUT2D eigenvalue weighted by atomic mass is 32.2. The van der Waals surface area contributed by atoms with Crippen LogP contribution in [0.3, 0.4) is 0 Å². The van der Waals surface area contributed by atoms with Crippen molar-refractivity contribution in [3.05, 3.63) is 57.0 Å². The summed E-state index contributed by atoms with van der Waals surface area (Å²) in [5.74, 6) is 0.972. The minimum absolute atomic E-state index is 0.123. The van der Waals surface area contributed by atoms with Crippen molar-refractivity contribution in [2.75, 3.05) is 5.73 Å². The van der Waals surface area contributed by atoms with Crippen molar-refractivity contribution >= 4 is 28.9 Å². The van der Waals surface area contributed by atoms with Crippen LogP contribution in [0.15, 0.2) is 34.7 Å². The molecule has 1 aromatic carbocycles. The molecule has 0 bridgehead atoms. The zero-order valence-electron chi connectivity index (χ0n) is 18.4. The molecule has 2 heterocycles. The van der Waals surface area contributed by atoms with Gasteiger partial charge in [-0.25, -0.2) is 9.97 Å². The summed E-state index contributed by atoms with van der Waals surface area (Å²) in [6, 6.07) is 12.3. The Morgan fingerprint density at radius 1 is 1.12 bits per heavy atom. The molecule has 2 aromatic heterocycles. The number of nitriles is 2. The van der Waals surface area contributed by atoms with Crippen LogP contribution >= 0.6 is 23.1 Å². The molecule has 0 saturated heterocycles. The van der Waals surface area contributed by atoms with Gasteiger partial charge in [0.05, 0.1) is 22.4 Å². The van der Waals surface area contributed by atoms with Crippen molar-refractivity contribution in [3.8, 4) is 23.3 Å². The van der Waals surface area contributed by atoms with Gasteiger partial charge in [-0.1, -0.05) is 48.9 Å². The number of thiazole rings is 1. The Labute approximate surface area is 202 Å². The summed E-state index contributed by atoms with van der Waals surface area (Å²) in [7, 11) is 0. The smallest absolute Gasteiger partial charge is 0.143 e. The van der Waals surface area contributed by atoms with E-state index in [-0.39, 0.29) is 23.4 Å². The lowest BCUT2D eigenvalue weighted by atomic mass is 9.82. The van der Waals surface area contributed by atoms with E-state index in [4.69, 9.17) is 5.73 Å². The Kier molecular flexibility index (Phi) is 7.29. The second-order valence-electron chi connectivity index (χ2n) is 8.31. The largest absolute Gasteiger partial charge is 0.393 e. The Bertz CT molecular complexity index is 1220. The van der Waals surface area contributed by atoms with Crippen molar-refractivity contribution in [1.29, 1.82) is 10.5 Å². The SMILES string of the molecule is Cc1nc(CSc2nc(N)c(C#N)c(-c3ccc(C[C@H]4CCCC[C@@H]4O)cc3)c2C#N)cs1. The van der Waals surface area contributed by atoms with Crippen LogP contribution in [0.25, 0.3) is 11.1 Å². The van der Waals surface area contributed by atoms with Gasteiger partial charge < -0.3 is 10.8 Å². The summed E-state index contributed by atoms with van der Waals surface area (Å²) in [4.78, 5) is 8.84. The first-order chi connectivity index (χ1) is 16.0. The zero-order chi connectivity index (χ0) is 23.4. The van der Waals surface area contributed by atoms with Crippen LogP contribution in [0.1, 0.15) is 53.1 Å². The van der Waals surface area contributed by atoms with Crippen molar-refractivity contribution in [3.63, 3.8) is 0 Å². The second-order valence-corrected chi connectivity index (χ2v) is 10.3. The fourth-order valence-electron chi connectivity index (χ4n) is 4.34. The number of anilines is 1. The first-order valence-electron chi connectivity index (χ1n) is 10.9. The van der Waals surface area contributed by atoms with Crippen LogP contribution in [0, 0.1) is 35.5 Å². The van der Waals surface area contributed by atoms with Gasteiger partial charge in [0, 0.05) is 16.7 Å². The number of thioether (sulfide) groups is 1. The first-order valence-corrected chi connectivity index (χ1v) is 12.8. The molecule has 168 valence electrons. The van der Waals surface area contributed by atoms with Gasteiger partial charge in [-0.3, -0.25) is 0 Å². The number of hydrogen-bond acceptors (Lipinski definition) is 8. The molecule has 3 N–H and O–H groups in total. The van der Waals surface area contributed by atoms with E-state index in [0.717, 1.165) is 53.9 Å². The molecule has 3 aromatic rings. The summed E-state index contributed by atoms with van der Waals surface area (Å²) in [5, 5.41) is 33.5. The standard InChI is InChI=1S/C25H25N5OS2/c1-15-29-19(13-32-15)14-33-25-21(12-27)23(20(11-26)24(28)30-25)17-8-6-16(7-9-17)10-18-4-2-3-5-22(18)31/h6-9,13,18,22,31H,2-5,10,14H2,1H3,(H2,28,30)/t18-,22+/m1/s1. The molecule has 33 heavy (non-hydrogen) atoms. The van der Waals surface area contributed by atoms with Gasteiger partial charge in [0.25, 0.3) is 0 Å². The number of aromatic nitrogens is 2. The molecule has 1 saturated carbocycles. The van der Waals surface area contributed by atoms with E-state index in [1.807, 2.05) is 36.6 Å². The molecule has 8 heteroatoms. The number of nitrogens with two attached hydrogens (primary N) is 1. The second kappa shape index (κ2) is 10.4. The van der Waals surface area contributed by atoms with E-state index in [9.17, 15) is 15.6 Å². The normalized spacial score (nSPS) is 17.9. The van der Waals surface area contributed by atoms with Crippen LogP contribution in [0.2, 0.25) is 0 Å². The van der Waals surface area contributed by atoms with Crippen LogP contribution < -0.4 is 5.73 Å².